The van der Waals surface area contributed by atoms with Crippen LogP contribution >= 0.6 is 11.8 Å². The molecule has 0 saturated carbocycles. The van der Waals surface area contributed by atoms with Gasteiger partial charge in [-0.1, -0.05) is 30.3 Å². The maximum absolute atomic E-state index is 12.4. The lowest BCUT2D eigenvalue weighted by Crippen LogP contribution is -2.15. The number of nitrogens with zero attached hydrogens (tertiary/aromatic N) is 2. The molecular formula is C21H21N3O2S. The van der Waals surface area contributed by atoms with Gasteiger partial charge >= 0.3 is 0 Å². The smallest absolute Gasteiger partial charge is 0.235 e. The van der Waals surface area contributed by atoms with Crippen molar-refractivity contribution in [2.45, 2.75) is 19.1 Å². The summed E-state index contributed by atoms with van der Waals surface area (Å²) in [7, 11) is 1.67. The number of para-hydroxylation sites is 1. The van der Waals surface area contributed by atoms with Gasteiger partial charge in [-0.2, -0.15) is 5.10 Å². The number of anilines is 1. The second kappa shape index (κ2) is 7.12. The number of fused-ring (bicyclic) bond motifs is 1. The van der Waals surface area contributed by atoms with Gasteiger partial charge in [-0.25, -0.2) is 4.68 Å². The van der Waals surface area contributed by atoms with Crippen LogP contribution in [0.1, 0.15) is 27.6 Å². The maximum Gasteiger partial charge on any atom is 0.235 e. The summed E-state index contributed by atoms with van der Waals surface area (Å²) < 4.78 is 7.42. The van der Waals surface area contributed by atoms with E-state index >= 15 is 0 Å². The van der Waals surface area contributed by atoms with E-state index in [1.807, 2.05) is 54.9 Å². The number of nitrogens with one attached hydrogen (secondary N) is 1. The predicted molar refractivity (Wildman–Crippen MR) is 109 cm³/mol. The second-order valence-electron chi connectivity index (χ2n) is 6.58. The molecule has 0 radical (unpaired) electrons. The van der Waals surface area contributed by atoms with Gasteiger partial charge in [-0.15, -0.1) is 11.8 Å². The Labute approximate surface area is 162 Å². The Kier molecular flexibility index (Phi) is 4.66. The number of aryl methyl sites for hydroxylation is 2. The summed E-state index contributed by atoms with van der Waals surface area (Å²) in [5, 5.41) is 7.79. The maximum atomic E-state index is 12.4. The second-order valence-corrected chi connectivity index (χ2v) is 7.67. The van der Waals surface area contributed by atoms with Crippen LogP contribution in [0.15, 0.2) is 48.5 Å². The normalized spacial score (nSPS) is 16.4. The number of amides is 1. The van der Waals surface area contributed by atoms with Gasteiger partial charge in [-0.05, 0) is 37.6 Å². The summed E-state index contributed by atoms with van der Waals surface area (Å²) in [5.41, 5.74) is 5.05. The van der Waals surface area contributed by atoms with Crippen LogP contribution in [0.3, 0.4) is 0 Å². The zero-order valence-electron chi connectivity index (χ0n) is 15.5. The summed E-state index contributed by atoms with van der Waals surface area (Å²) in [6.45, 7) is 4.04. The van der Waals surface area contributed by atoms with Crippen molar-refractivity contribution >= 4 is 23.5 Å². The van der Waals surface area contributed by atoms with Gasteiger partial charge in [0.15, 0.2) is 0 Å². The summed E-state index contributed by atoms with van der Waals surface area (Å²) in [6.07, 6.45) is 0. The highest BCUT2D eigenvalue weighted by Crippen LogP contribution is 2.46. The Morgan fingerprint density at radius 1 is 1.19 bits per heavy atom. The SMILES string of the molecule is COc1ccccc1C1SCC(=O)Nc2c1c(C)nn2-c1cccc(C)c1. The monoisotopic (exact) mass is 379 g/mol. The van der Waals surface area contributed by atoms with Crippen molar-refractivity contribution < 1.29 is 9.53 Å². The van der Waals surface area contributed by atoms with Crippen molar-refractivity contribution in [3.8, 4) is 11.4 Å². The number of carbonyl (C=O) groups excluding carboxylic acids is 1. The molecule has 5 nitrogen and oxygen atoms in total. The highest BCUT2D eigenvalue weighted by atomic mass is 32.2. The standard InChI is InChI=1S/C21H21N3O2S/c1-13-7-6-8-15(11-13)24-21-19(14(2)23-24)20(27-12-18(25)22-21)16-9-4-5-10-17(16)26-3/h4-11,20H,12H2,1-3H3,(H,22,25). The number of thioether (sulfide) groups is 1. The number of hydrogen-bond acceptors (Lipinski definition) is 4. The van der Waals surface area contributed by atoms with Crippen LogP contribution in [0.5, 0.6) is 5.75 Å². The van der Waals surface area contributed by atoms with E-state index in [2.05, 4.69) is 17.4 Å². The number of rotatable bonds is 3. The van der Waals surface area contributed by atoms with Gasteiger partial charge in [0.25, 0.3) is 0 Å². The Hall–Kier alpha value is -2.73. The molecule has 0 fully saturated rings. The van der Waals surface area contributed by atoms with Crippen LogP contribution < -0.4 is 10.1 Å². The van der Waals surface area contributed by atoms with E-state index in [0.717, 1.165) is 39.6 Å². The van der Waals surface area contributed by atoms with Gasteiger partial charge in [0, 0.05) is 11.1 Å². The van der Waals surface area contributed by atoms with E-state index in [-0.39, 0.29) is 11.2 Å². The Bertz CT molecular complexity index is 1010. The molecule has 0 spiro atoms. The lowest BCUT2D eigenvalue weighted by Gasteiger charge is -2.18. The number of aromatic nitrogens is 2. The lowest BCUT2D eigenvalue weighted by molar-refractivity contribution is -0.113. The van der Waals surface area contributed by atoms with E-state index in [1.165, 1.54) is 0 Å². The quantitative estimate of drug-likeness (QED) is 0.738. The minimum absolute atomic E-state index is 0.0209. The molecule has 1 amide bonds. The van der Waals surface area contributed by atoms with Gasteiger partial charge in [0.1, 0.15) is 11.6 Å². The first kappa shape index (κ1) is 17.7. The highest BCUT2D eigenvalue weighted by Gasteiger charge is 2.32. The molecule has 1 atom stereocenters. The van der Waals surface area contributed by atoms with Crippen molar-refractivity contribution in [1.29, 1.82) is 0 Å². The molecule has 1 N–H and O–H groups in total. The molecule has 1 unspecified atom stereocenters. The summed E-state index contributed by atoms with van der Waals surface area (Å²) in [5.74, 6) is 1.92. The summed E-state index contributed by atoms with van der Waals surface area (Å²) >= 11 is 1.60. The van der Waals surface area contributed by atoms with Gasteiger partial charge in [-0.3, -0.25) is 4.79 Å². The van der Waals surface area contributed by atoms with Gasteiger partial charge in [0.2, 0.25) is 5.91 Å². The van der Waals surface area contributed by atoms with Crippen molar-refractivity contribution in [2.24, 2.45) is 0 Å². The minimum Gasteiger partial charge on any atom is -0.496 e. The van der Waals surface area contributed by atoms with Crippen LogP contribution in [-0.2, 0) is 4.79 Å². The molecule has 0 saturated heterocycles. The molecule has 1 aromatic heterocycles. The topological polar surface area (TPSA) is 56.1 Å². The average Bonchev–Trinajstić information content (AvgIpc) is 2.88. The third-order valence-corrected chi connectivity index (χ3v) is 5.93. The fraction of sp³-hybridized carbons (Fsp3) is 0.238. The average molecular weight is 379 g/mol. The zero-order chi connectivity index (χ0) is 19.0. The van der Waals surface area contributed by atoms with Crippen LogP contribution in [0.4, 0.5) is 5.82 Å². The summed E-state index contributed by atoms with van der Waals surface area (Å²) in [4.78, 5) is 12.4. The number of hydrogen-bond donors (Lipinski definition) is 1. The molecule has 0 aliphatic carbocycles. The highest BCUT2D eigenvalue weighted by molar-refractivity contribution is 8.00. The molecule has 1 aliphatic rings. The molecular weight excluding hydrogens is 358 g/mol. The molecule has 2 heterocycles. The zero-order valence-corrected chi connectivity index (χ0v) is 16.3. The Morgan fingerprint density at radius 3 is 2.78 bits per heavy atom. The Balaban J connectivity index is 1.92. The first-order chi connectivity index (χ1) is 13.1. The molecule has 1 aliphatic heterocycles. The fourth-order valence-corrected chi connectivity index (χ4v) is 4.67. The van der Waals surface area contributed by atoms with Crippen LogP contribution in [0.25, 0.3) is 5.69 Å². The van der Waals surface area contributed by atoms with Crippen LogP contribution in [0.2, 0.25) is 0 Å². The van der Waals surface area contributed by atoms with Crippen LogP contribution in [-0.4, -0.2) is 28.6 Å². The van der Waals surface area contributed by atoms with E-state index in [4.69, 9.17) is 9.84 Å². The third kappa shape index (κ3) is 3.21. The van der Waals surface area contributed by atoms with Crippen molar-refractivity contribution in [3.63, 3.8) is 0 Å². The van der Waals surface area contributed by atoms with Crippen molar-refractivity contribution in [2.75, 3.05) is 18.2 Å². The van der Waals surface area contributed by atoms with E-state index < -0.39 is 0 Å². The molecule has 138 valence electrons. The Morgan fingerprint density at radius 2 is 2.00 bits per heavy atom. The lowest BCUT2D eigenvalue weighted by atomic mass is 10.0. The fourth-order valence-electron chi connectivity index (χ4n) is 3.46. The number of benzene rings is 2. The van der Waals surface area contributed by atoms with Crippen molar-refractivity contribution in [3.05, 3.63) is 70.9 Å². The van der Waals surface area contributed by atoms with Gasteiger partial charge in [0.05, 0.1) is 29.5 Å². The van der Waals surface area contributed by atoms with Crippen LogP contribution in [0, 0.1) is 13.8 Å². The minimum atomic E-state index is -0.0336. The van der Waals surface area contributed by atoms with E-state index in [0.29, 0.717) is 5.75 Å². The molecule has 27 heavy (non-hydrogen) atoms. The number of carbonyl (C=O) groups is 1. The summed E-state index contributed by atoms with van der Waals surface area (Å²) in [6, 6.07) is 16.1. The van der Waals surface area contributed by atoms with Gasteiger partial charge < -0.3 is 10.1 Å². The predicted octanol–water partition coefficient (Wildman–Crippen LogP) is 4.27. The van der Waals surface area contributed by atoms with E-state index in [9.17, 15) is 4.79 Å². The first-order valence-corrected chi connectivity index (χ1v) is 9.84. The molecule has 0 bridgehead atoms. The third-order valence-electron chi connectivity index (χ3n) is 4.68. The molecule has 6 heteroatoms. The molecule has 2 aromatic carbocycles. The van der Waals surface area contributed by atoms with E-state index in [1.54, 1.807) is 18.9 Å². The molecule has 3 aromatic rings. The number of ether oxygens (including phenoxy) is 1. The number of methoxy groups -OCH3 is 1. The first-order valence-electron chi connectivity index (χ1n) is 8.79. The largest absolute Gasteiger partial charge is 0.496 e. The molecule has 4 rings (SSSR count). The van der Waals surface area contributed by atoms with Crippen molar-refractivity contribution in [1.82, 2.24) is 9.78 Å².